The fourth-order valence-electron chi connectivity index (χ4n) is 5.03. The van der Waals surface area contributed by atoms with Gasteiger partial charge in [-0.2, -0.15) is 15.5 Å². The minimum Gasteiger partial charge on any atom is -0.441 e. The van der Waals surface area contributed by atoms with Gasteiger partial charge in [-0.15, -0.1) is 0 Å². The van der Waals surface area contributed by atoms with Crippen LogP contribution >= 0.6 is 0 Å². The van der Waals surface area contributed by atoms with Crippen molar-refractivity contribution in [3.63, 3.8) is 0 Å². The molecule has 0 spiro atoms. The normalized spacial score (nSPS) is 28.7. The van der Waals surface area contributed by atoms with Crippen LogP contribution < -0.4 is 10.6 Å². The first-order chi connectivity index (χ1) is 16.9. The van der Waals surface area contributed by atoms with Gasteiger partial charge in [0.05, 0.1) is 30.8 Å². The average molecular weight is 482 g/mol. The standard InChI is InChI=1S/C22H23FN8O4/c1-33-9-12-2-15-20(25-13(7-24)8-31(15)30-12)26-17-3-14(28-29-17)19-18(23)16(10-34-19)35-21(32)27-22-4-11(5-22)6-22/h2-3,8,11,16,18-19H,4-6,9-10H2,1H3,(H,27,32)(H2,25,26,28,29)/t11?,16-,18-,19-,22?/m1/s1. The molecule has 0 aromatic carbocycles. The third-order valence-electron chi connectivity index (χ3n) is 6.81. The highest BCUT2D eigenvalue weighted by Gasteiger charge is 2.58. The van der Waals surface area contributed by atoms with Crippen LogP contribution in [0, 0.1) is 17.2 Å². The maximum Gasteiger partial charge on any atom is 0.408 e. The number of alkyl halides is 1. The van der Waals surface area contributed by atoms with E-state index in [-0.39, 0.29) is 17.8 Å². The summed E-state index contributed by atoms with van der Waals surface area (Å²) >= 11 is 0. The molecule has 3 atom stereocenters. The molecule has 35 heavy (non-hydrogen) atoms. The Labute approximate surface area is 198 Å². The number of ether oxygens (including phenoxy) is 3. The Morgan fingerprint density at radius 3 is 2.97 bits per heavy atom. The number of amides is 1. The van der Waals surface area contributed by atoms with Crippen molar-refractivity contribution in [2.45, 2.75) is 49.8 Å². The van der Waals surface area contributed by atoms with Crippen LogP contribution in [0.15, 0.2) is 18.3 Å². The van der Waals surface area contributed by atoms with E-state index in [2.05, 4.69) is 30.9 Å². The summed E-state index contributed by atoms with van der Waals surface area (Å²) in [6, 6.07) is 5.37. The molecule has 3 saturated carbocycles. The number of methoxy groups -OCH3 is 1. The van der Waals surface area contributed by atoms with Gasteiger partial charge in [0.15, 0.2) is 29.6 Å². The van der Waals surface area contributed by atoms with Crippen molar-refractivity contribution in [1.82, 2.24) is 30.1 Å². The van der Waals surface area contributed by atoms with Crippen molar-refractivity contribution in [2.24, 2.45) is 5.92 Å². The highest BCUT2D eigenvalue weighted by Crippen LogP contribution is 2.57. The Balaban J connectivity index is 1.14. The fraction of sp³-hybridized carbons (Fsp3) is 0.500. The van der Waals surface area contributed by atoms with Crippen molar-refractivity contribution in [3.05, 3.63) is 35.4 Å². The molecular formula is C22H23FN8O4. The van der Waals surface area contributed by atoms with Crippen LogP contribution in [0.25, 0.3) is 5.52 Å². The highest BCUT2D eigenvalue weighted by atomic mass is 19.1. The lowest BCUT2D eigenvalue weighted by molar-refractivity contribution is -0.0528. The Hall–Kier alpha value is -3.76. The number of H-pyrrole nitrogens is 1. The van der Waals surface area contributed by atoms with Gasteiger partial charge in [-0.1, -0.05) is 0 Å². The van der Waals surface area contributed by atoms with E-state index < -0.39 is 24.5 Å². The molecule has 3 aromatic rings. The number of aromatic nitrogens is 5. The molecule has 1 amide bonds. The second-order valence-electron chi connectivity index (χ2n) is 9.34. The zero-order valence-corrected chi connectivity index (χ0v) is 18.8. The van der Waals surface area contributed by atoms with E-state index in [0.717, 1.165) is 19.3 Å². The maximum atomic E-state index is 15.1. The number of anilines is 2. The van der Waals surface area contributed by atoms with Crippen LogP contribution in [0.2, 0.25) is 0 Å². The number of aromatic amines is 1. The van der Waals surface area contributed by atoms with E-state index in [1.165, 1.54) is 10.7 Å². The molecule has 4 fully saturated rings. The van der Waals surface area contributed by atoms with Gasteiger partial charge in [-0.3, -0.25) is 5.10 Å². The Kier molecular flexibility index (Phi) is 5.08. The number of alkyl carbamates (subject to hydrolysis) is 1. The van der Waals surface area contributed by atoms with Crippen LogP contribution in [0.5, 0.6) is 0 Å². The second-order valence-corrected chi connectivity index (χ2v) is 9.34. The van der Waals surface area contributed by atoms with Gasteiger partial charge in [0.1, 0.15) is 17.7 Å². The number of halogens is 1. The predicted molar refractivity (Wildman–Crippen MR) is 117 cm³/mol. The summed E-state index contributed by atoms with van der Waals surface area (Å²) in [6.07, 6.45) is 0.299. The van der Waals surface area contributed by atoms with E-state index in [9.17, 15) is 10.1 Å². The van der Waals surface area contributed by atoms with Crippen LogP contribution in [0.1, 0.15) is 42.4 Å². The van der Waals surface area contributed by atoms with E-state index in [0.29, 0.717) is 41.1 Å². The number of hydrogen-bond acceptors (Lipinski definition) is 9. The molecule has 3 N–H and O–H groups in total. The van der Waals surface area contributed by atoms with Crippen molar-refractivity contribution < 1.29 is 23.4 Å². The molecule has 0 unspecified atom stereocenters. The summed E-state index contributed by atoms with van der Waals surface area (Å²) in [4.78, 5) is 16.5. The summed E-state index contributed by atoms with van der Waals surface area (Å²) in [5.41, 5.74) is 1.68. The van der Waals surface area contributed by atoms with Crippen molar-refractivity contribution >= 4 is 23.2 Å². The minimum atomic E-state index is -1.56. The van der Waals surface area contributed by atoms with Gasteiger partial charge in [0.25, 0.3) is 0 Å². The Bertz CT molecular complexity index is 1320. The number of hydrogen-bond donors (Lipinski definition) is 3. The largest absolute Gasteiger partial charge is 0.441 e. The Morgan fingerprint density at radius 2 is 2.26 bits per heavy atom. The average Bonchev–Trinajstić information content (AvgIpc) is 3.49. The zero-order chi connectivity index (χ0) is 24.2. The van der Waals surface area contributed by atoms with Crippen LogP contribution in [-0.4, -0.2) is 62.4 Å². The molecule has 4 heterocycles. The first-order valence-corrected chi connectivity index (χ1v) is 11.3. The third kappa shape index (κ3) is 3.84. The number of carbonyl (C=O) groups is 1. The number of nitrogens with one attached hydrogen (secondary N) is 3. The molecule has 13 heteroatoms. The van der Waals surface area contributed by atoms with E-state index in [1.54, 1.807) is 19.2 Å². The number of fused-ring (bicyclic) bond motifs is 1. The lowest BCUT2D eigenvalue weighted by atomic mass is 9.50. The molecule has 3 aromatic heterocycles. The molecule has 182 valence electrons. The van der Waals surface area contributed by atoms with Gasteiger partial charge < -0.3 is 24.8 Å². The van der Waals surface area contributed by atoms with Crippen molar-refractivity contribution in [3.8, 4) is 6.07 Å². The molecular weight excluding hydrogens is 459 g/mol. The van der Waals surface area contributed by atoms with E-state index >= 15 is 4.39 Å². The first-order valence-electron chi connectivity index (χ1n) is 11.3. The molecule has 1 saturated heterocycles. The van der Waals surface area contributed by atoms with Gasteiger partial charge >= 0.3 is 6.09 Å². The minimum absolute atomic E-state index is 0.0544. The zero-order valence-electron chi connectivity index (χ0n) is 18.8. The van der Waals surface area contributed by atoms with Gasteiger partial charge in [0.2, 0.25) is 0 Å². The highest BCUT2D eigenvalue weighted by molar-refractivity contribution is 5.73. The monoisotopic (exact) mass is 482 g/mol. The third-order valence-corrected chi connectivity index (χ3v) is 6.81. The molecule has 12 nitrogen and oxygen atoms in total. The predicted octanol–water partition coefficient (Wildman–Crippen LogP) is 2.27. The quantitative estimate of drug-likeness (QED) is 0.460. The van der Waals surface area contributed by atoms with Gasteiger partial charge in [0, 0.05) is 18.7 Å². The summed E-state index contributed by atoms with van der Waals surface area (Å²) in [5.74, 6) is 1.41. The Morgan fingerprint density at radius 1 is 1.43 bits per heavy atom. The summed E-state index contributed by atoms with van der Waals surface area (Å²) in [5, 5.41) is 26.5. The molecule has 4 aliphatic rings. The second kappa shape index (κ2) is 8.17. The van der Waals surface area contributed by atoms with Crippen molar-refractivity contribution in [2.75, 3.05) is 19.0 Å². The topological polar surface area (TPSA) is 151 Å². The fourth-order valence-corrected chi connectivity index (χ4v) is 5.03. The lowest BCUT2D eigenvalue weighted by Gasteiger charge is -2.61. The molecule has 3 aliphatic carbocycles. The summed E-state index contributed by atoms with van der Waals surface area (Å²) in [6.45, 7) is 0.246. The van der Waals surface area contributed by atoms with E-state index in [1.807, 2.05) is 6.07 Å². The van der Waals surface area contributed by atoms with E-state index in [4.69, 9.17) is 14.2 Å². The van der Waals surface area contributed by atoms with Crippen LogP contribution in [-0.2, 0) is 20.8 Å². The summed E-state index contributed by atoms with van der Waals surface area (Å²) in [7, 11) is 1.56. The lowest BCUT2D eigenvalue weighted by Crippen LogP contribution is -2.68. The molecule has 2 bridgehead atoms. The first kappa shape index (κ1) is 21.8. The number of nitrogens with zero attached hydrogens (tertiary/aromatic N) is 5. The maximum absolute atomic E-state index is 15.1. The van der Waals surface area contributed by atoms with Crippen molar-refractivity contribution in [1.29, 1.82) is 5.26 Å². The number of nitriles is 1. The molecule has 0 radical (unpaired) electrons. The summed E-state index contributed by atoms with van der Waals surface area (Å²) < 4.78 is 32.6. The molecule has 7 rings (SSSR count). The van der Waals surface area contributed by atoms with Gasteiger partial charge in [-0.05, 0) is 31.2 Å². The number of carbonyl (C=O) groups excluding carboxylic acids is 1. The van der Waals surface area contributed by atoms with Crippen LogP contribution in [0.3, 0.4) is 0 Å². The SMILES string of the molecule is COCc1cc2c(Nc3cc([C@H]4OC[C@@H](OC(=O)NC56CC(C5)C6)[C@H]4F)[nH]n3)nc(C#N)cn2n1. The molecule has 1 aliphatic heterocycles. The smallest absolute Gasteiger partial charge is 0.408 e. The van der Waals surface area contributed by atoms with Crippen LogP contribution in [0.4, 0.5) is 20.8 Å². The number of rotatable bonds is 7. The van der Waals surface area contributed by atoms with Gasteiger partial charge in [-0.25, -0.2) is 18.7 Å².